The van der Waals surface area contributed by atoms with Crippen molar-refractivity contribution in [2.45, 2.75) is 39.4 Å². The molecule has 0 saturated carbocycles. The van der Waals surface area contributed by atoms with E-state index in [2.05, 4.69) is 39.7 Å². The lowest BCUT2D eigenvalue weighted by Gasteiger charge is -2.12. The van der Waals surface area contributed by atoms with Gasteiger partial charge in [0.1, 0.15) is 0 Å². The normalized spacial score (nSPS) is 12.4. The van der Waals surface area contributed by atoms with Gasteiger partial charge in [-0.1, -0.05) is 30.3 Å². The highest BCUT2D eigenvalue weighted by molar-refractivity contribution is 5.17. The molecule has 0 unspecified atom stereocenters. The average Bonchev–Trinajstić information content (AvgIpc) is 3.15. The van der Waals surface area contributed by atoms with Gasteiger partial charge >= 0.3 is 0 Å². The first-order valence-electron chi connectivity index (χ1n) is 7.76. The van der Waals surface area contributed by atoms with Crippen molar-refractivity contribution in [3.05, 3.63) is 65.6 Å². The minimum Gasteiger partial charge on any atom is -0.424 e. The molecule has 3 aromatic rings. The van der Waals surface area contributed by atoms with Crippen molar-refractivity contribution in [1.82, 2.24) is 25.3 Å². The Morgan fingerprint density at radius 2 is 1.96 bits per heavy atom. The quantitative estimate of drug-likeness (QED) is 0.725. The van der Waals surface area contributed by atoms with Crippen LogP contribution >= 0.6 is 0 Å². The van der Waals surface area contributed by atoms with E-state index in [9.17, 15) is 0 Å². The number of aromatic nitrogens is 4. The van der Waals surface area contributed by atoms with Crippen LogP contribution in [-0.2, 0) is 19.5 Å². The largest absolute Gasteiger partial charge is 0.424 e. The molecular weight excluding hydrogens is 290 g/mol. The van der Waals surface area contributed by atoms with Gasteiger partial charge in [0.25, 0.3) is 0 Å². The molecule has 120 valence electrons. The number of hydrogen-bond acceptors (Lipinski definition) is 5. The standard InChI is InChI=1S/C17H21N5O/c1-13-9-19-22(11-13)12-14(2)18-10-17-21-20-16(23-17)8-15-6-4-3-5-7-15/h3-7,9,11,14,18H,8,10,12H2,1-2H3/t14-/m1/s1. The van der Waals surface area contributed by atoms with Gasteiger partial charge in [0.05, 0.1) is 25.7 Å². The highest BCUT2D eigenvalue weighted by Gasteiger charge is 2.09. The summed E-state index contributed by atoms with van der Waals surface area (Å²) in [5.41, 5.74) is 2.33. The van der Waals surface area contributed by atoms with Crippen LogP contribution in [0.25, 0.3) is 0 Å². The zero-order chi connectivity index (χ0) is 16.1. The van der Waals surface area contributed by atoms with Crippen LogP contribution in [0, 0.1) is 6.92 Å². The molecule has 0 saturated heterocycles. The Labute approximate surface area is 135 Å². The van der Waals surface area contributed by atoms with Crippen molar-refractivity contribution in [2.75, 3.05) is 0 Å². The number of aryl methyl sites for hydroxylation is 1. The second kappa shape index (κ2) is 7.19. The van der Waals surface area contributed by atoms with E-state index in [1.54, 1.807) is 0 Å². The number of hydrogen-bond donors (Lipinski definition) is 1. The highest BCUT2D eigenvalue weighted by atomic mass is 16.4. The zero-order valence-electron chi connectivity index (χ0n) is 13.4. The molecule has 0 aliphatic rings. The third kappa shape index (κ3) is 4.50. The van der Waals surface area contributed by atoms with E-state index in [1.165, 1.54) is 5.56 Å². The van der Waals surface area contributed by atoms with E-state index in [4.69, 9.17) is 4.42 Å². The van der Waals surface area contributed by atoms with Gasteiger partial charge in [-0.25, -0.2) is 0 Å². The third-order valence-corrected chi connectivity index (χ3v) is 3.53. The molecular formula is C17H21N5O. The number of rotatable bonds is 7. The van der Waals surface area contributed by atoms with Gasteiger partial charge in [0.2, 0.25) is 11.8 Å². The fourth-order valence-corrected chi connectivity index (χ4v) is 2.38. The third-order valence-electron chi connectivity index (χ3n) is 3.53. The average molecular weight is 311 g/mol. The van der Waals surface area contributed by atoms with Crippen LogP contribution in [0.3, 0.4) is 0 Å². The van der Waals surface area contributed by atoms with E-state index >= 15 is 0 Å². The summed E-state index contributed by atoms with van der Waals surface area (Å²) in [6.07, 6.45) is 4.55. The fourth-order valence-electron chi connectivity index (χ4n) is 2.38. The Hall–Kier alpha value is -2.47. The van der Waals surface area contributed by atoms with Crippen LogP contribution in [0.15, 0.2) is 47.1 Å². The Balaban J connectivity index is 1.49. The Kier molecular flexibility index (Phi) is 4.83. The van der Waals surface area contributed by atoms with Crippen molar-refractivity contribution < 1.29 is 4.42 Å². The van der Waals surface area contributed by atoms with Crippen LogP contribution in [-0.4, -0.2) is 26.0 Å². The van der Waals surface area contributed by atoms with Gasteiger partial charge in [-0.15, -0.1) is 10.2 Å². The molecule has 0 spiro atoms. The summed E-state index contributed by atoms with van der Waals surface area (Å²) in [6.45, 7) is 5.51. The molecule has 23 heavy (non-hydrogen) atoms. The molecule has 1 aromatic carbocycles. The van der Waals surface area contributed by atoms with Crippen molar-refractivity contribution in [1.29, 1.82) is 0 Å². The smallest absolute Gasteiger partial charge is 0.230 e. The summed E-state index contributed by atoms with van der Waals surface area (Å²) in [5.74, 6) is 1.25. The molecule has 0 amide bonds. The number of nitrogens with zero attached hydrogens (tertiary/aromatic N) is 4. The zero-order valence-corrected chi connectivity index (χ0v) is 13.4. The summed E-state index contributed by atoms with van der Waals surface area (Å²) < 4.78 is 7.62. The van der Waals surface area contributed by atoms with Crippen molar-refractivity contribution >= 4 is 0 Å². The van der Waals surface area contributed by atoms with E-state index in [0.717, 1.165) is 12.1 Å². The molecule has 0 bridgehead atoms. The molecule has 1 N–H and O–H groups in total. The summed E-state index contributed by atoms with van der Waals surface area (Å²) >= 11 is 0. The second-order valence-electron chi connectivity index (χ2n) is 5.77. The first kappa shape index (κ1) is 15.4. The lowest BCUT2D eigenvalue weighted by atomic mass is 10.2. The van der Waals surface area contributed by atoms with Crippen LogP contribution in [0.4, 0.5) is 0 Å². The molecule has 6 heteroatoms. The molecule has 3 rings (SSSR count). The van der Waals surface area contributed by atoms with Crippen LogP contribution in [0.5, 0.6) is 0 Å². The van der Waals surface area contributed by atoms with Crippen molar-refractivity contribution in [2.24, 2.45) is 0 Å². The predicted molar refractivity (Wildman–Crippen MR) is 86.8 cm³/mol. The van der Waals surface area contributed by atoms with Crippen LogP contribution in [0.1, 0.15) is 29.8 Å². The predicted octanol–water partition coefficient (Wildman–Crippen LogP) is 2.34. The maximum Gasteiger partial charge on any atom is 0.230 e. The van der Waals surface area contributed by atoms with E-state index in [1.807, 2.05) is 42.2 Å². The topological polar surface area (TPSA) is 68.8 Å². The fraction of sp³-hybridized carbons (Fsp3) is 0.353. The molecule has 2 aromatic heterocycles. The Morgan fingerprint density at radius 1 is 1.17 bits per heavy atom. The minimum absolute atomic E-state index is 0.263. The maximum atomic E-state index is 5.69. The molecule has 0 fully saturated rings. The van der Waals surface area contributed by atoms with E-state index in [0.29, 0.717) is 24.7 Å². The highest BCUT2D eigenvalue weighted by Crippen LogP contribution is 2.08. The maximum absolute atomic E-state index is 5.69. The lowest BCUT2D eigenvalue weighted by Crippen LogP contribution is -2.30. The molecule has 0 aliphatic carbocycles. The molecule has 0 radical (unpaired) electrons. The van der Waals surface area contributed by atoms with Crippen molar-refractivity contribution in [3.8, 4) is 0 Å². The van der Waals surface area contributed by atoms with E-state index < -0.39 is 0 Å². The van der Waals surface area contributed by atoms with Crippen LogP contribution < -0.4 is 5.32 Å². The van der Waals surface area contributed by atoms with Gasteiger partial charge < -0.3 is 9.73 Å². The first-order chi connectivity index (χ1) is 11.2. The summed E-state index contributed by atoms with van der Waals surface area (Å²) in [5, 5.41) is 15.9. The Bertz CT molecular complexity index is 734. The SMILES string of the molecule is Cc1cnn(C[C@@H](C)NCc2nnc(Cc3ccccc3)o2)c1. The van der Waals surface area contributed by atoms with Gasteiger partial charge in [0, 0.05) is 12.2 Å². The van der Waals surface area contributed by atoms with Gasteiger partial charge in [-0.3, -0.25) is 4.68 Å². The van der Waals surface area contributed by atoms with Gasteiger partial charge in [0.15, 0.2) is 0 Å². The minimum atomic E-state index is 0.263. The Morgan fingerprint density at radius 3 is 2.70 bits per heavy atom. The first-order valence-corrected chi connectivity index (χ1v) is 7.76. The van der Waals surface area contributed by atoms with Gasteiger partial charge in [-0.2, -0.15) is 5.10 Å². The summed E-state index contributed by atoms with van der Waals surface area (Å²) in [6, 6.07) is 10.4. The monoisotopic (exact) mass is 311 g/mol. The van der Waals surface area contributed by atoms with Gasteiger partial charge in [-0.05, 0) is 25.0 Å². The molecule has 2 heterocycles. The lowest BCUT2D eigenvalue weighted by molar-refractivity contribution is 0.396. The second-order valence-corrected chi connectivity index (χ2v) is 5.77. The molecule has 6 nitrogen and oxygen atoms in total. The number of benzene rings is 1. The van der Waals surface area contributed by atoms with Crippen LogP contribution in [0.2, 0.25) is 0 Å². The number of nitrogens with one attached hydrogen (secondary N) is 1. The molecule has 0 aliphatic heterocycles. The van der Waals surface area contributed by atoms with Crippen molar-refractivity contribution in [3.63, 3.8) is 0 Å². The summed E-state index contributed by atoms with van der Waals surface area (Å²) in [7, 11) is 0. The summed E-state index contributed by atoms with van der Waals surface area (Å²) in [4.78, 5) is 0. The van der Waals surface area contributed by atoms with E-state index in [-0.39, 0.29) is 6.04 Å². The molecule has 1 atom stereocenters.